The molecule has 0 radical (unpaired) electrons. The van der Waals surface area contributed by atoms with Gasteiger partial charge in [-0.25, -0.2) is 0 Å². The fraction of sp³-hybridized carbons (Fsp3) is 1.00. The van der Waals surface area contributed by atoms with E-state index in [1.165, 1.54) is 38.5 Å². The van der Waals surface area contributed by atoms with Gasteiger partial charge in [0.05, 0.1) is 0 Å². The van der Waals surface area contributed by atoms with Crippen LogP contribution in [0.5, 0.6) is 0 Å². The summed E-state index contributed by atoms with van der Waals surface area (Å²) in [6.07, 6.45) is 11.0. The third-order valence-electron chi connectivity index (χ3n) is 2.97. The molecule has 106 valence electrons. The Kier molecular flexibility index (Phi) is 15.2. The van der Waals surface area contributed by atoms with E-state index in [0.717, 1.165) is 19.3 Å². The predicted molar refractivity (Wildman–Crippen MR) is 78.5 cm³/mol. The second kappa shape index (κ2) is 12.9. The molecule has 0 aromatic carbocycles. The quantitative estimate of drug-likeness (QED) is 0.348. The van der Waals surface area contributed by atoms with Crippen LogP contribution in [0.3, 0.4) is 0 Å². The second-order valence-corrected chi connectivity index (χ2v) is 6.31. The van der Waals surface area contributed by atoms with Crippen LogP contribution in [0.4, 0.5) is 0 Å². The van der Waals surface area contributed by atoms with Crippen LogP contribution in [0.1, 0.15) is 71.1 Å². The predicted octanol–water partition coefficient (Wildman–Crippen LogP) is 2.43. The zero-order chi connectivity index (χ0) is 13.1. The summed E-state index contributed by atoms with van der Waals surface area (Å²) < 4.78 is 29.9. The Morgan fingerprint density at radius 2 is 1.33 bits per heavy atom. The first-order valence-corrected chi connectivity index (χ1v) is 8.20. The summed E-state index contributed by atoms with van der Waals surface area (Å²) >= 11 is 0. The molecule has 6 heteroatoms. The summed E-state index contributed by atoms with van der Waals surface area (Å²) in [6, 6.07) is 0. The van der Waals surface area contributed by atoms with Gasteiger partial charge in [0.15, 0.2) is 0 Å². The molecule has 0 fully saturated rings. The van der Waals surface area contributed by atoms with Crippen molar-refractivity contribution in [3.8, 4) is 0 Å². The van der Waals surface area contributed by atoms with Crippen LogP contribution >= 0.6 is 0 Å². The molecule has 0 saturated heterocycles. The first-order chi connectivity index (χ1) is 7.98. The van der Waals surface area contributed by atoms with Crippen LogP contribution in [0.25, 0.3) is 0 Å². The maximum absolute atomic E-state index is 10.6. The minimum absolute atomic E-state index is 0. The summed E-state index contributed by atoms with van der Waals surface area (Å²) in [4.78, 5) is 0. The fourth-order valence-corrected chi connectivity index (χ4v) is 2.27. The third kappa shape index (κ3) is 13.3. The standard InChI is InChI=1S/C12H27NO3S.Na.H/c1-2-3-4-5-6-7-8-9-10-11-12(13)17(14,15)16;;/h12H,2-11,13H2,1H3,(H,14,15,16);;. The van der Waals surface area contributed by atoms with Gasteiger partial charge in [-0.2, -0.15) is 8.42 Å². The molecule has 0 aliphatic rings. The first kappa shape index (κ1) is 21.2. The Morgan fingerprint density at radius 1 is 0.944 bits per heavy atom. The van der Waals surface area contributed by atoms with Gasteiger partial charge < -0.3 is 5.73 Å². The van der Waals surface area contributed by atoms with Crippen molar-refractivity contribution in [1.82, 2.24) is 0 Å². The van der Waals surface area contributed by atoms with Crippen LogP contribution in [0.2, 0.25) is 0 Å². The molecule has 0 aromatic rings. The van der Waals surface area contributed by atoms with Crippen LogP contribution < -0.4 is 5.73 Å². The number of rotatable bonds is 11. The molecular formula is C12H28NNaO3S. The molecule has 3 N–H and O–H groups in total. The Morgan fingerprint density at radius 3 is 1.72 bits per heavy atom. The summed E-state index contributed by atoms with van der Waals surface area (Å²) in [7, 11) is -4.03. The second-order valence-electron chi connectivity index (χ2n) is 4.67. The summed E-state index contributed by atoms with van der Waals surface area (Å²) in [5.74, 6) is 0. The molecule has 0 heterocycles. The van der Waals surface area contributed by atoms with E-state index in [9.17, 15) is 8.42 Å². The molecule has 0 spiro atoms. The third-order valence-corrected chi connectivity index (χ3v) is 3.98. The molecule has 4 nitrogen and oxygen atoms in total. The first-order valence-electron chi connectivity index (χ1n) is 6.70. The van der Waals surface area contributed by atoms with Crippen molar-refractivity contribution in [1.29, 1.82) is 0 Å². The number of hydrogen-bond donors (Lipinski definition) is 2. The van der Waals surface area contributed by atoms with Crippen LogP contribution in [-0.4, -0.2) is 47.9 Å². The Bertz CT molecular complexity index is 270. The molecule has 1 atom stereocenters. The minimum atomic E-state index is -4.03. The Balaban J connectivity index is 0. The van der Waals surface area contributed by atoms with E-state index in [1.54, 1.807) is 0 Å². The van der Waals surface area contributed by atoms with Gasteiger partial charge in [-0.1, -0.05) is 64.7 Å². The van der Waals surface area contributed by atoms with Gasteiger partial charge >= 0.3 is 29.6 Å². The van der Waals surface area contributed by atoms with Gasteiger partial charge in [-0.15, -0.1) is 0 Å². The Labute approximate surface area is 134 Å². The van der Waals surface area contributed by atoms with E-state index in [2.05, 4.69) is 6.92 Å². The van der Waals surface area contributed by atoms with Crippen molar-refractivity contribution in [2.45, 2.75) is 76.5 Å². The van der Waals surface area contributed by atoms with E-state index >= 15 is 0 Å². The van der Waals surface area contributed by atoms with E-state index in [-0.39, 0.29) is 29.6 Å². The number of nitrogens with two attached hydrogens (primary N) is 1. The van der Waals surface area contributed by atoms with Crippen LogP contribution in [0, 0.1) is 0 Å². The molecule has 0 aliphatic heterocycles. The monoisotopic (exact) mass is 289 g/mol. The average Bonchev–Trinajstić information content (AvgIpc) is 2.25. The zero-order valence-corrected chi connectivity index (χ0v) is 11.7. The van der Waals surface area contributed by atoms with Gasteiger partial charge in [0.1, 0.15) is 5.37 Å². The van der Waals surface area contributed by atoms with E-state index < -0.39 is 15.5 Å². The molecule has 0 saturated carbocycles. The molecule has 0 rings (SSSR count). The molecule has 18 heavy (non-hydrogen) atoms. The van der Waals surface area contributed by atoms with Crippen molar-refractivity contribution in [3.63, 3.8) is 0 Å². The maximum atomic E-state index is 10.6. The molecule has 0 aliphatic carbocycles. The van der Waals surface area contributed by atoms with Gasteiger partial charge in [0.25, 0.3) is 10.1 Å². The van der Waals surface area contributed by atoms with E-state index in [1.807, 2.05) is 0 Å². The molecule has 1 unspecified atom stereocenters. The summed E-state index contributed by atoms with van der Waals surface area (Å²) in [5, 5.41) is -1.10. The molecule has 0 bridgehead atoms. The number of unbranched alkanes of at least 4 members (excludes halogenated alkanes) is 8. The van der Waals surface area contributed by atoms with Gasteiger partial charge in [-0.3, -0.25) is 4.55 Å². The van der Waals surface area contributed by atoms with Crippen LogP contribution in [0.15, 0.2) is 0 Å². The van der Waals surface area contributed by atoms with E-state index in [0.29, 0.717) is 6.42 Å². The van der Waals surface area contributed by atoms with Gasteiger partial charge in [-0.05, 0) is 6.42 Å². The summed E-state index contributed by atoms with van der Waals surface area (Å²) in [6.45, 7) is 2.21. The molecular weight excluding hydrogens is 261 g/mol. The summed E-state index contributed by atoms with van der Waals surface area (Å²) in [5.41, 5.74) is 5.31. The van der Waals surface area contributed by atoms with Crippen molar-refractivity contribution >= 4 is 39.7 Å². The van der Waals surface area contributed by atoms with Gasteiger partial charge in [0, 0.05) is 0 Å². The normalized spacial score (nSPS) is 13.1. The van der Waals surface area contributed by atoms with E-state index in [4.69, 9.17) is 10.3 Å². The zero-order valence-electron chi connectivity index (χ0n) is 10.9. The van der Waals surface area contributed by atoms with Crippen molar-refractivity contribution < 1.29 is 13.0 Å². The van der Waals surface area contributed by atoms with Crippen molar-refractivity contribution in [2.24, 2.45) is 5.73 Å². The number of hydrogen-bond acceptors (Lipinski definition) is 3. The van der Waals surface area contributed by atoms with Crippen molar-refractivity contribution in [2.75, 3.05) is 0 Å². The van der Waals surface area contributed by atoms with Gasteiger partial charge in [0.2, 0.25) is 0 Å². The average molecular weight is 289 g/mol. The van der Waals surface area contributed by atoms with Crippen molar-refractivity contribution in [3.05, 3.63) is 0 Å². The fourth-order valence-electron chi connectivity index (χ4n) is 1.81. The Hall–Kier alpha value is 0.870. The molecule has 0 amide bonds. The topological polar surface area (TPSA) is 80.4 Å². The van der Waals surface area contributed by atoms with Crippen LogP contribution in [-0.2, 0) is 10.1 Å². The molecule has 0 aromatic heterocycles. The SMILES string of the molecule is CCCCCCCCCCCC(N)S(=O)(=O)O.[NaH].